The molecule has 0 spiro atoms. The van der Waals surface area contributed by atoms with Crippen LogP contribution in [-0.4, -0.2) is 5.11 Å². The molecule has 17 heavy (non-hydrogen) atoms. The average Bonchev–Trinajstić information content (AvgIpc) is 2.34. The Hall–Kier alpha value is -2.02. The standard InChI is InChI=1S/C16H16O/c1-11-9-12(2)16(17)15(10-11)13(3)14-7-5-4-6-8-14/h4-10,17H,3H2,1-2H3. The van der Waals surface area contributed by atoms with E-state index in [0.717, 1.165) is 27.8 Å². The molecule has 0 bridgehead atoms. The third-order valence-electron chi connectivity index (χ3n) is 2.89. The molecule has 2 aromatic rings. The maximum Gasteiger partial charge on any atom is 0.126 e. The van der Waals surface area contributed by atoms with E-state index in [1.165, 1.54) is 0 Å². The Balaban J connectivity index is 2.52. The van der Waals surface area contributed by atoms with Crippen LogP contribution >= 0.6 is 0 Å². The molecule has 0 atom stereocenters. The van der Waals surface area contributed by atoms with E-state index in [9.17, 15) is 5.11 Å². The maximum absolute atomic E-state index is 10.1. The smallest absolute Gasteiger partial charge is 0.126 e. The van der Waals surface area contributed by atoms with Crippen LogP contribution < -0.4 is 0 Å². The van der Waals surface area contributed by atoms with Gasteiger partial charge in [-0.15, -0.1) is 0 Å². The molecule has 1 heteroatoms. The van der Waals surface area contributed by atoms with Gasteiger partial charge >= 0.3 is 0 Å². The Morgan fingerprint density at radius 1 is 1.06 bits per heavy atom. The van der Waals surface area contributed by atoms with Gasteiger partial charge in [0.2, 0.25) is 0 Å². The molecule has 1 nitrogen and oxygen atoms in total. The van der Waals surface area contributed by atoms with E-state index in [4.69, 9.17) is 0 Å². The van der Waals surface area contributed by atoms with E-state index in [0.29, 0.717) is 5.75 Å². The molecule has 0 amide bonds. The Kier molecular flexibility index (Phi) is 3.01. The summed E-state index contributed by atoms with van der Waals surface area (Å²) in [7, 11) is 0. The van der Waals surface area contributed by atoms with Crippen LogP contribution in [-0.2, 0) is 0 Å². The maximum atomic E-state index is 10.1. The molecule has 0 aromatic heterocycles. The lowest BCUT2D eigenvalue weighted by molar-refractivity contribution is 0.469. The van der Waals surface area contributed by atoms with Crippen molar-refractivity contribution in [1.29, 1.82) is 0 Å². The van der Waals surface area contributed by atoms with Crippen LogP contribution in [0.3, 0.4) is 0 Å². The summed E-state index contributed by atoms with van der Waals surface area (Å²) in [4.78, 5) is 0. The van der Waals surface area contributed by atoms with E-state index < -0.39 is 0 Å². The number of rotatable bonds is 2. The van der Waals surface area contributed by atoms with Crippen LogP contribution in [0.25, 0.3) is 5.57 Å². The van der Waals surface area contributed by atoms with Gasteiger partial charge in [-0.05, 0) is 42.2 Å². The molecule has 1 N–H and O–H groups in total. The minimum Gasteiger partial charge on any atom is -0.507 e. The summed E-state index contributed by atoms with van der Waals surface area (Å²) in [5, 5.41) is 10.1. The number of aryl methyl sites for hydroxylation is 2. The largest absolute Gasteiger partial charge is 0.507 e. The van der Waals surface area contributed by atoms with Crippen LogP contribution in [0.1, 0.15) is 22.3 Å². The van der Waals surface area contributed by atoms with Crippen LogP contribution in [0.5, 0.6) is 5.75 Å². The van der Waals surface area contributed by atoms with Crippen molar-refractivity contribution in [3.8, 4) is 5.75 Å². The summed E-state index contributed by atoms with van der Waals surface area (Å²) in [6.07, 6.45) is 0. The first-order valence-electron chi connectivity index (χ1n) is 5.64. The van der Waals surface area contributed by atoms with E-state index in [1.54, 1.807) is 0 Å². The topological polar surface area (TPSA) is 20.2 Å². The van der Waals surface area contributed by atoms with Crippen LogP contribution in [0, 0.1) is 13.8 Å². The van der Waals surface area contributed by atoms with Gasteiger partial charge in [0.15, 0.2) is 0 Å². The van der Waals surface area contributed by atoms with E-state index >= 15 is 0 Å². The normalized spacial score (nSPS) is 10.2. The van der Waals surface area contributed by atoms with Gasteiger partial charge < -0.3 is 5.11 Å². The van der Waals surface area contributed by atoms with Gasteiger partial charge in [-0.25, -0.2) is 0 Å². The third-order valence-corrected chi connectivity index (χ3v) is 2.89. The van der Waals surface area contributed by atoms with Crippen molar-refractivity contribution in [2.45, 2.75) is 13.8 Å². The highest BCUT2D eigenvalue weighted by Gasteiger charge is 2.10. The van der Waals surface area contributed by atoms with Gasteiger partial charge in [-0.1, -0.05) is 43.0 Å². The first-order valence-corrected chi connectivity index (χ1v) is 5.64. The third kappa shape index (κ3) is 2.23. The molecule has 0 saturated carbocycles. The molecular weight excluding hydrogens is 208 g/mol. The Bertz CT molecular complexity index is 553. The Labute approximate surface area is 102 Å². The molecule has 0 fully saturated rings. The quantitative estimate of drug-likeness (QED) is 0.815. The second kappa shape index (κ2) is 4.46. The van der Waals surface area contributed by atoms with Gasteiger partial charge in [0, 0.05) is 5.56 Å². The lowest BCUT2D eigenvalue weighted by Crippen LogP contribution is -1.90. The predicted octanol–water partition coefficient (Wildman–Crippen LogP) is 4.07. The highest BCUT2D eigenvalue weighted by Crippen LogP contribution is 2.32. The minimum absolute atomic E-state index is 0.324. The van der Waals surface area contributed by atoms with Crippen molar-refractivity contribution in [3.63, 3.8) is 0 Å². The molecule has 0 radical (unpaired) electrons. The van der Waals surface area contributed by atoms with Crippen molar-refractivity contribution < 1.29 is 5.11 Å². The van der Waals surface area contributed by atoms with E-state index in [2.05, 4.69) is 6.58 Å². The monoisotopic (exact) mass is 224 g/mol. The molecule has 0 aliphatic rings. The summed E-state index contributed by atoms with van der Waals surface area (Å²) in [6, 6.07) is 13.9. The number of aromatic hydroxyl groups is 1. The first kappa shape index (κ1) is 11.5. The second-order valence-corrected chi connectivity index (χ2v) is 4.32. The van der Waals surface area contributed by atoms with E-state index in [-0.39, 0.29) is 0 Å². The van der Waals surface area contributed by atoms with E-state index in [1.807, 2.05) is 56.3 Å². The molecule has 0 heterocycles. The summed E-state index contributed by atoms with van der Waals surface area (Å²) < 4.78 is 0. The number of benzene rings is 2. The van der Waals surface area contributed by atoms with Crippen molar-refractivity contribution in [1.82, 2.24) is 0 Å². The molecule has 0 unspecified atom stereocenters. The van der Waals surface area contributed by atoms with Crippen LogP contribution in [0.15, 0.2) is 49.0 Å². The fraction of sp³-hybridized carbons (Fsp3) is 0.125. The van der Waals surface area contributed by atoms with Gasteiger partial charge in [0.1, 0.15) is 5.75 Å². The molecule has 86 valence electrons. The van der Waals surface area contributed by atoms with Gasteiger partial charge in [0.05, 0.1) is 0 Å². The van der Waals surface area contributed by atoms with Crippen molar-refractivity contribution in [2.75, 3.05) is 0 Å². The number of phenolic OH excluding ortho intramolecular Hbond substituents is 1. The fourth-order valence-electron chi connectivity index (χ4n) is 1.98. The van der Waals surface area contributed by atoms with Gasteiger partial charge in [0.25, 0.3) is 0 Å². The van der Waals surface area contributed by atoms with Crippen molar-refractivity contribution in [2.24, 2.45) is 0 Å². The minimum atomic E-state index is 0.324. The molecule has 2 aromatic carbocycles. The zero-order chi connectivity index (χ0) is 12.4. The lowest BCUT2D eigenvalue weighted by Gasteiger charge is -2.11. The van der Waals surface area contributed by atoms with Crippen LogP contribution in [0.2, 0.25) is 0 Å². The average molecular weight is 224 g/mol. The molecular formula is C16H16O. The first-order chi connectivity index (χ1) is 8.09. The predicted molar refractivity (Wildman–Crippen MR) is 72.2 cm³/mol. The summed E-state index contributed by atoms with van der Waals surface area (Å²) >= 11 is 0. The number of phenols is 1. The Morgan fingerprint density at radius 3 is 2.35 bits per heavy atom. The highest BCUT2D eigenvalue weighted by atomic mass is 16.3. The van der Waals surface area contributed by atoms with Gasteiger partial charge in [-0.2, -0.15) is 0 Å². The molecule has 0 aliphatic carbocycles. The number of hydrogen-bond acceptors (Lipinski definition) is 1. The highest BCUT2D eigenvalue weighted by molar-refractivity contribution is 5.82. The molecule has 0 saturated heterocycles. The zero-order valence-corrected chi connectivity index (χ0v) is 10.2. The second-order valence-electron chi connectivity index (χ2n) is 4.32. The van der Waals surface area contributed by atoms with Crippen LogP contribution in [0.4, 0.5) is 0 Å². The fourth-order valence-corrected chi connectivity index (χ4v) is 1.98. The lowest BCUT2D eigenvalue weighted by atomic mass is 9.95. The Morgan fingerprint density at radius 2 is 1.71 bits per heavy atom. The van der Waals surface area contributed by atoms with Gasteiger partial charge in [-0.3, -0.25) is 0 Å². The summed E-state index contributed by atoms with van der Waals surface area (Å²) in [6.45, 7) is 8.01. The zero-order valence-electron chi connectivity index (χ0n) is 10.2. The van der Waals surface area contributed by atoms with Crippen molar-refractivity contribution in [3.05, 3.63) is 71.3 Å². The van der Waals surface area contributed by atoms with Crippen molar-refractivity contribution >= 4 is 5.57 Å². The molecule has 0 aliphatic heterocycles. The number of hydrogen-bond donors (Lipinski definition) is 1. The molecule has 2 rings (SSSR count). The summed E-state index contributed by atoms with van der Waals surface area (Å²) in [5.74, 6) is 0.324. The SMILES string of the molecule is C=C(c1ccccc1)c1cc(C)cc(C)c1O. The summed E-state index contributed by atoms with van der Waals surface area (Å²) in [5.41, 5.74) is 4.72.